The summed E-state index contributed by atoms with van der Waals surface area (Å²) < 4.78 is 5.32. The largest absolute Gasteiger partial charge is 0.494 e. The Bertz CT molecular complexity index is 684. The number of ether oxygens (including phenoxy) is 1. The van der Waals surface area contributed by atoms with Crippen LogP contribution in [0.15, 0.2) is 48.5 Å². The van der Waals surface area contributed by atoms with E-state index >= 15 is 0 Å². The van der Waals surface area contributed by atoms with Crippen molar-refractivity contribution in [2.45, 2.75) is 13.5 Å². The van der Waals surface area contributed by atoms with E-state index in [9.17, 15) is 9.59 Å². The molecule has 0 aromatic heterocycles. The van der Waals surface area contributed by atoms with Gasteiger partial charge in [0.2, 0.25) is 5.91 Å². The lowest BCUT2D eigenvalue weighted by Crippen LogP contribution is -2.36. The minimum Gasteiger partial charge on any atom is -0.494 e. The Balaban J connectivity index is 1.76. The van der Waals surface area contributed by atoms with Gasteiger partial charge in [-0.05, 0) is 48.9 Å². The number of carbonyl (C=O) groups excluding carboxylic acids is 2. The summed E-state index contributed by atoms with van der Waals surface area (Å²) in [6.45, 7) is 2.76. The van der Waals surface area contributed by atoms with Crippen LogP contribution < -0.4 is 15.4 Å². The molecule has 126 valence electrons. The summed E-state index contributed by atoms with van der Waals surface area (Å²) in [5.41, 5.74) is 1.41. The summed E-state index contributed by atoms with van der Waals surface area (Å²) in [6.07, 6.45) is 0. The second-order valence-electron chi connectivity index (χ2n) is 5.04. The first-order valence-electron chi connectivity index (χ1n) is 7.60. The standard InChI is InChI=1S/C18H19ClN2O3/c1-2-24-16-9-5-14(6-10-16)18(23)21-12-17(22)20-11-13-3-7-15(19)8-4-13/h3-10H,2,11-12H2,1H3,(H,20,22)(H,21,23). The lowest BCUT2D eigenvalue weighted by Gasteiger charge is -2.08. The van der Waals surface area contributed by atoms with Crippen LogP contribution in [0.1, 0.15) is 22.8 Å². The van der Waals surface area contributed by atoms with E-state index in [1.54, 1.807) is 36.4 Å². The monoisotopic (exact) mass is 346 g/mol. The van der Waals surface area contributed by atoms with Gasteiger partial charge in [0.15, 0.2) is 0 Å². The van der Waals surface area contributed by atoms with Crippen LogP contribution in [0.2, 0.25) is 5.02 Å². The van der Waals surface area contributed by atoms with Crippen LogP contribution in [0, 0.1) is 0 Å². The van der Waals surface area contributed by atoms with Gasteiger partial charge in [-0.2, -0.15) is 0 Å². The summed E-state index contributed by atoms with van der Waals surface area (Å²) in [5, 5.41) is 5.96. The average molecular weight is 347 g/mol. The molecular formula is C18H19ClN2O3. The summed E-state index contributed by atoms with van der Waals surface area (Å²) in [4.78, 5) is 23.8. The Kier molecular flexibility index (Phi) is 6.63. The van der Waals surface area contributed by atoms with Crippen molar-refractivity contribution in [3.05, 3.63) is 64.7 Å². The lowest BCUT2D eigenvalue weighted by atomic mass is 10.2. The van der Waals surface area contributed by atoms with Crippen LogP contribution in [0.5, 0.6) is 5.75 Å². The van der Waals surface area contributed by atoms with Crippen LogP contribution in [-0.4, -0.2) is 25.0 Å². The molecule has 5 nitrogen and oxygen atoms in total. The maximum atomic E-state index is 12.0. The van der Waals surface area contributed by atoms with Gasteiger partial charge in [0.1, 0.15) is 5.75 Å². The van der Waals surface area contributed by atoms with Gasteiger partial charge in [-0.15, -0.1) is 0 Å². The fourth-order valence-electron chi connectivity index (χ4n) is 2.00. The zero-order chi connectivity index (χ0) is 17.4. The van der Waals surface area contributed by atoms with E-state index in [-0.39, 0.29) is 18.4 Å². The minimum atomic E-state index is -0.306. The number of hydrogen-bond donors (Lipinski definition) is 2. The zero-order valence-corrected chi connectivity index (χ0v) is 14.1. The Morgan fingerprint density at radius 3 is 2.29 bits per heavy atom. The van der Waals surface area contributed by atoms with E-state index in [0.717, 1.165) is 5.56 Å². The van der Waals surface area contributed by atoms with Crippen molar-refractivity contribution in [2.75, 3.05) is 13.2 Å². The molecule has 0 fully saturated rings. The molecule has 6 heteroatoms. The molecule has 2 N–H and O–H groups in total. The van der Waals surface area contributed by atoms with Crippen LogP contribution in [0.3, 0.4) is 0 Å². The predicted octanol–water partition coefficient (Wildman–Crippen LogP) is 2.78. The predicted molar refractivity (Wildman–Crippen MR) is 93.2 cm³/mol. The molecule has 0 spiro atoms. The summed E-state index contributed by atoms with van der Waals surface area (Å²) >= 11 is 5.80. The number of halogens is 1. The first-order valence-corrected chi connectivity index (χ1v) is 7.98. The minimum absolute atomic E-state index is 0.0837. The molecule has 0 unspecified atom stereocenters. The second kappa shape index (κ2) is 8.93. The van der Waals surface area contributed by atoms with Crippen LogP contribution in [0.25, 0.3) is 0 Å². The molecule has 2 rings (SSSR count). The maximum Gasteiger partial charge on any atom is 0.251 e. The molecular weight excluding hydrogens is 328 g/mol. The number of amides is 2. The number of hydrogen-bond acceptors (Lipinski definition) is 3. The van der Waals surface area contributed by atoms with Gasteiger partial charge in [0, 0.05) is 17.1 Å². The number of nitrogens with one attached hydrogen (secondary N) is 2. The fraction of sp³-hybridized carbons (Fsp3) is 0.222. The highest BCUT2D eigenvalue weighted by Gasteiger charge is 2.08. The Labute approximate surface area is 146 Å². The van der Waals surface area contributed by atoms with Crippen molar-refractivity contribution in [1.82, 2.24) is 10.6 Å². The molecule has 0 heterocycles. The summed E-state index contributed by atoms with van der Waals surface area (Å²) in [6, 6.07) is 14.0. The van der Waals surface area contributed by atoms with Crippen molar-refractivity contribution in [1.29, 1.82) is 0 Å². The van der Waals surface area contributed by atoms with Gasteiger partial charge in [0.25, 0.3) is 5.91 Å². The third-order valence-corrected chi connectivity index (χ3v) is 3.49. The van der Waals surface area contributed by atoms with Crippen molar-refractivity contribution in [3.8, 4) is 5.75 Å². The van der Waals surface area contributed by atoms with Gasteiger partial charge in [-0.3, -0.25) is 9.59 Å². The molecule has 0 saturated carbocycles. The molecule has 24 heavy (non-hydrogen) atoms. The van der Waals surface area contributed by atoms with Gasteiger partial charge >= 0.3 is 0 Å². The fourth-order valence-corrected chi connectivity index (χ4v) is 2.12. The second-order valence-corrected chi connectivity index (χ2v) is 5.48. The average Bonchev–Trinajstić information content (AvgIpc) is 2.60. The van der Waals surface area contributed by atoms with E-state index < -0.39 is 0 Å². The molecule has 0 aliphatic carbocycles. The quantitative estimate of drug-likeness (QED) is 0.810. The molecule has 2 aromatic carbocycles. The van der Waals surface area contributed by atoms with Gasteiger partial charge in [-0.25, -0.2) is 0 Å². The highest BCUT2D eigenvalue weighted by atomic mass is 35.5. The van der Waals surface area contributed by atoms with E-state index in [0.29, 0.717) is 29.5 Å². The molecule has 0 aliphatic rings. The van der Waals surface area contributed by atoms with E-state index in [2.05, 4.69) is 10.6 Å². The SMILES string of the molecule is CCOc1ccc(C(=O)NCC(=O)NCc2ccc(Cl)cc2)cc1. The third-order valence-electron chi connectivity index (χ3n) is 3.24. The van der Waals surface area contributed by atoms with E-state index in [1.807, 2.05) is 19.1 Å². The highest BCUT2D eigenvalue weighted by Crippen LogP contribution is 2.12. The number of rotatable bonds is 7. The van der Waals surface area contributed by atoms with Gasteiger partial charge in [-0.1, -0.05) is 23.7 Å². The van der Waals surface area contributed by atoms with E-state index in [4.69, 9.17) is 16.3 Å². The lowest BCUT2D eigenvalue weighted by molar-refractivity contribution is -0.120. The topological polar surface area (TPSA) is 67.4 Å². The first-order chi connectivity index (χ1) is 11.6. The smallest absolute Gasteiger partial charge is 0.251 e. The highest BCUT2D eigenvalue weighted by molar-refractivity contribution is 6.30. The number of carbonyl (C=O) groups is 2. The first kappa shape index (κ1) is 17.8. The summed E-state index contributed by atoms with van der Waals surface area (Å²) in [7, 11) is 0. The third kappa shape index (κ3) is 5.59. The molecule has 0 aliphatic heterocycles. The molecule has 0 bridgehead atoms. The van der Waals surface area contributed by atoms with Crippen molar-refractivity contribution >= 4 is 23.4 Å². The Morgan fingerprint density at radius 1 is 1.00 bits per heavy atom. The molecule has 2 amide bonds. The molecule has 0 saturated heterocycles. The maximum absolute atomic E-state index is 12.0. The molecule has 2 aromatic rings. The van der Waals surface area contributed by atoms with Crippen LogP contribution in [-0.2, 0) is 11.3 Å². The Morgan fingerprint density at radius 2 is 1.67 bits per heavy atom. The van der Waals surface area contributed by atoms with Crippen molar-refractivity contribution < 1.29 is 14.3 Å². The van der Waals surface area contributed by atoms with Gasteiger partial charge in [0.05, 0.1) is 13.2 Å². The van der Waals surface area contributed by atoms with Crippen molar-refractivity contribution in [3.63, 3.8) is 0 Å². The van der Waals surface area contributed by atoms with E-state index in [1.165, 1.54) is 0 Å². The van der Waals surface area contributed by atoms with Crippen LogP contribution >= 0.6 is 11.6 Å². The Hall–Kier alpha value is -2.53. The summed E-state index contributed by atoms with van der Waals surface area (Å²) in [5.74, 6) is 0.138. The van der Waals surface area contributed by atoms with Crippen LogP contribution in [0.4, 0.5) is 0 Å². The molecule has 0 atom stereocenters. The normalized spacial score (nSPS) is 10.1. The molecule has 0 radical (unpaired) electrons. The van der Waals surface area contributed by atoms with Crippen molar-refractivity contribution in [2.24, 2.45) is 0 Å². The zero-order valence-electron chi connectivity index (χ0n) is 13.3. The van der Waals surface area contributed by atoms with Gasteiger partial charge < -0.3 is 15.4 Å². The number of benzene rings is 2.